The molecule has 1 heterocycles. The van der Waals surface area contributed by atoms with Gasteiger partial charge >= 0.3 is 37.7 Å². The standard InChI is InChI=1S/C33H34ClNOS.C2H4O2.Ca.2H/c1-33(2,36)30-9-4-3-7-25(30)15-19-32(37-22-24-10-11-24)27-8-5-6-23(20-27)12-17-29-18-14-26-13-16-28(34)21-31(26)35-29;1-2(3)4;;;/h3-9,12-14,16-18,20-21,24,32,36H,10-11,15,19,22H2,1-2H3;1H3,(H,3,4);;;/q;;+2;2*-1/b17-12+;;;;. The fraction of sp³-hybridized carbons (Fsp3) is 0.314. The molecule has 0 aliphatic heterocycles. The van der Waals surface area contributed by atoms with Gasteiger partial charge < -0.3 is 13.1 Å². The molecule has 1 aliphatic carbocycles. The topological polar surface area (TPSA) is 70.4 Å². The van der Waals surface area contributed by atoms with Crippen molar-refractivity contribution in [3.63, 3.8) is 0 Å². The number of pyridine rings is 1. The van der Waals surface area contributed by atoms with Crippen molar-refractivity contribution in [2.75, 3.05) is 5.75 Å². The molecule has 1 atom stereocenters. The largest absolute Gasteiger partial charge is 2.00 e. The number of thioether (sulfide) groups is 1. The predicted octanol–water partition coefficient (Wildman–Crippen LogP) is 9.04. The number of aliphatic hydroxyl groups is 1. The number of halogens is 1. The molecule has 1 fully saturated rings. The van der Waals surface area contributed by atoms with E-state index >= 15 is 0 Å². The summed E-state index contributed by atoms with van der Waals surface area (Å²) in [4.78, 5) is 13.8. The molecule has 3 aromatic carbocycles. The Balaban J connectivity index is 0.00000131. The zero-order valence-electron chi connectivity index (χ0n) is 26.6. The first-order valence-corrected chi connectivity index (χ1v) is 15.5. The van der Waals surface area contributed by atoms with Crippen molar-refractivity contribution in [2.24, 2.45) is 5.92 Å². The number of rotatable bonds is 10. The van der Waals surface area contributed by atoms with Gasteiger partial charge in [-0.05, 0) is 97.7 Å². The van der Waals surface area contributed by atoms with E-state index in [0.717, 1.165) is 47.8 Å². The van der Waals surface area contributed by atoms with Crippen molar-refractivity contribution >= 4 is 90.1 Å². The molecule has 4 nitrogen and oxygen atoms in total. The Labute approximate surface area is 291 Å². The van der Waals surface area contributed by atoms with E-state index in [1.54, 1.807) is 0 Å². The quantitative estimate of drug-likeness (QED) is 0.171. The Morgan fingerprint density at radius 1 is 1.07 bits per heavy atom. The van der Waals surface area contributed by atoms with Crippen molar-refractivity contribution in [1.82, 2.24) is 4.98 Å². The minimum absolute atomic E-state index is 0. The van der Waals surface area contributed by atoms with Gasteiger partial charge in [-0.1, -0.05) is 78.3 Å². The van der Waals surface area contributed by atoms with Gasteiger partial charge in [0.05, 0.1) is 16.8 Å². The van der Waals surface area contributed by atoms with Crippen LogP contribution in [-0.4, -0.2) is 64.7 Å². The third kappa shape index (κ3) is 11.0. The van der Waals surface area contributed by atoms with Crippen LogP contribution < -0.4 is 0 Å². The summed E-state index contributed by atoms with van der Waals surface area (Å²) in [5.41, 5.74) is 5.81. The van der Waals surface area contributed by atoms with E-state index in [1.807, 2.05) is 44.2 Å². The summed E-state index contributed by atoms with van der Waals surface area (Å²) >= 11 is 8.26. The van der Waals surface area contributed by atoms with Crippen LogP contribution in [0.15, 0.2) is 78.9 Å². The number of aryl methyl sites for hydroxylation is 1. The fourth-order valence-electron chi connectivity index (χ4n) is 4.75. The van der Waals surface area contributed by atoms with E-state index in [4.69, 9.17) is 26.5 Å². The Kier molecular flexibility index (Phi) is 13.4. The number of carbonyl (C=O) groups is 1. The summed E-state index contributed by atoms with van der Waals surface area (Å²) in [6, 6.07) is 27.2. The number of hydrogen-bond acceptors (Lipinski definition) is 4. The van der Waals surface area contributed by atoms with Crippen LogP contribution in [0.1, 0.15) is 76.1 Å². The number of aliphatic carboxylic acids is 1. The summed E-state index contributed by atoms with van der Waals surface area (Å²) < 4.78 is 0. The Morgan fingerprint density at radius 3 is 2.50 bits per heavy atom. The number of fused-ring (bicyclic) bond motifs is 1. The van der Waals surface area contributed by atoms with E-state index < -0.39 is 11.6 Å². The van der Waals surface area contributed by atoms with Gasteiger partial charge in [-0.3, -0.25) is 4.79 Å². The van der Waals surface area contributed by atoms with Crippen LogP contribution in [0.4, 0.5) is 0 Å². The number of aromatic nitrogens is 1. The summed E-state index contributed by atoms with van der Waals surface area (Å²) in [6.07, 6.45) is 8.96. The van der Waals surface area contributed by atoms with Gasteiger partial charge in [-0.2, -0.15) is 11.8 Å². The van der Waals surface area contributed by atoms with Crippen molar-refractivity contribution in [3.05, 3.63) is 112 Å². The molecule has 0 amide bonds. The first-order valence-electron chi connectivity index (χ1n) is 14.0. The van der Waals surface area contributed by atoms with Gasteiger partial charge in [0.15, 0.2) is 0 Å². The maximum Gasteiger partial charge on any atom is 2.00 e. The van der Waals surface area contributed by atoms with Crippen molar-refractivity contribution in [2.45, 2.75) is 57.3 Å². The molecular weight excluding hydrogens is 590 g/mol. The van der Waals surface area contributed by atoms with Gasteiger partial charge in [-0.25, -0.2) is 4.98 Å². The van der Waals surface area contributed by atoms with Gasteiger partial charge in [0.2, 0.25) is 0 Å². The van der Waals surface area contributed by atoms with Crippen LogP contribution in [0.3, 0.4) is 0 Å². The smallest absolute Gasteiger partial charge is 1.00 e. The predicted molar refractivity (Wildman–Crippen MR) is 181 cm³/mol. The second-order valence-electron chi connectivity index (χ2n) is 11.1. The van der Waals surface area contributed by atoms with E-state index in [2.05, 4.69) is 72.4 Å². The number of carboxylic acid groups (broad SMARTS) is 1. The maximum atomic E-state index is 10.7. The molecule has 1 saturated carbocycles. The molecule has 7 heteroatoms. The molecule has 0 spiro atoms. The Hall–Kier alpha value is -1.86. The molecule has 1 aromatic heterocycles. The molecule has 5 rings (SSSR count). The second kappa shape index (κ2) is 16.3. The minimum Gasteiger partial charge on any atom is -1.00 e. The number of carboxylic acids is 1. The van der Waals surface area contributed by atoms with E-state index in [1.165, 1.54) is 35.3 Å². The molecule has 1 unspecified atom stereocenters. The Bertz CT molecular complexity index is 1520. The van der Waals surface area contributed by atoms with Gasteiger partial charge in [0.25, 0.3) is 5.97 Å². The number of benzene rings is 3. The first kappa shape index (κ1) is 34.6. The minimum atomic E-state index is -0.833. The van der Waals surface area contributed by atoms with Crippen LogP contribution in [0.5, 0.6) is 0 Å². The molecule has 42 heavy (non-hydrogen) atoms. The monoisotopic (exact) mass is 629 g/mol. The summed E-state index contributed by atoms with van der Waals surface area (Å²) in [5, 5.41) is 20.3. The van der Waals surface area contributed by atoms with E-state index in [0.29, 0.717) is 10.3 Å². The summed E-state index contributed by atoms with van der Waals surface area (Å²) in [7, 11) is 0. The van der Waals surface area contributed by atoms with Crippen molar-refractivity contribution in [1.29, 1.82) is 0 Å². The molecular formula is C35H40CaClNO3S. The van der Waals surface area contributed by atoms with Gasteiger partial charge in [0, 0.05) is 22.6 Å². The molecule has 0 saturated heterocycles. The fourth-order valence-corrected chi connectivity index (χ4v) is 6.38. The zero-order valence-corrected chi connectivity index (χ0v) is 28.4. The first-order chi connectivity index (χ1) is 19.6. The normalized spacial score (nSPS) is 13.7. The zero-order chi connectivity index (χ0) is 29.4. The maximum absolute atomic E-state index is 10.7. The van der Waals surface area contributed by atoms with E-state index in [9.17, 15) is 5.11 Å². The summed E-state index contributed by atoms with van der Waals surface area (Å²) in [6.45, 7) is 4.83. The summed E-state index contributed by atoms with van der Waals surface area (Å²) in [5.74, 6) is 1.27. The van der Waals surface area contributed by atoms with Crippen LogP contribution in [0, 0.1) is 5.92 Å². The Morgan fingerprint density at radius 2 is 1.79 bits per heavy atom. The van der Waals surface area contributed by atoms with E-state index in [-0.39, 0.29) is 40.6 Å². The molecule has 4 aromatic rings. The molecule has 0 radical (unpaired) electrons. The van der Waals surface area contributed by atoms with Crippen LogP contribution >= 0.6 is 23.4 Å². The van der Waals surface area contributed by atoms with Gasteiger partial charge in [-0.15, -0.1) is 0 Å². The van der Waals surface area contributed by atoms with Crippen molar-refractivity contribution in [3.8, 4) is 0 Å². The average molecular weight is 630 g/mol. The third-order valence-electron chi connectivity index (χ3n) is 6.99. The van der Waals surface area contributed by atoms with Crippen LogP contribution in [0.25, 0.3) is 23.1 Å². The average Bonchev–Trinajstić information content (AvgIpc) is 3.76. The van der Waals surface area contributed by atoms with Crippen molar-refractivity contribution < 1.29 is 17.9 Å². The molecule has 2 N–H and O–H groups in total. The molecule has 0 bridgehead atoms. The molecule has 218 valence electrons. The third-order valence-corrected chi connectivity index (χ3v) is 8.80. The van der Waals surface area contributed by atoms with Crippen LogP contribution in [0.2, 0.25) is 5.02 Å². The van der Waals surface area contributed by atoms with Gasteiger partial charge in [0.1, 0.15) is 0 Å². The van der Waals surface area contributed by atoms with Crippen LogP contribution in [-0.2, 0) is 16.8 Å². The SMILES string of the molecule is CC(=O)O.CC(C)(O)c1ccccc1CCC(SCC1CC1)c1cccc(/C=C/c2ccc3ccc(Cl)cc3n2)c1.[Ca+2].[H-].[H-]. The number of hydrogen-bond donors (Lipinski definition) is 2. The molecule has 1 aliphatic rings. The number of nitrogens with zero attached hydrogens (tertiary/aromatic N) is 1. The second-order valence-corrected chi connectivity index (χ2v) is 12.8.